The van der Waals surface area contributed by atoms with Gasteiger partial charge in [0.05, 0.1) is 10.2 Å². The third kappa shape index (κ3) is 4.37. The van der Waals surface area contributed by atoms with Gasteiger partial charge in [-0.25, -0.2) is 19.9 Å². The fourth-order valence-corrected chi connectivity index (χ4v) is 5.42. The molecule has 7 nitrogen and oxygen atoms in total. The normalized spacial score (nSPS) is 13.4. The predicted octanol–water partition coefficient (Wildman–Crippen LogP) is 5.90. The first kappa shape index (κ1) is 21.7. The molecule has 0 aliphatic heterocycles. The summed E-state index contributed by atoms with van der Waals surface area (Å²) in [4.78, 5) is 17.6. The van der Waals surface area contributed by atoms with E-state index in [0.29, 0.717) is 30.7 Å². The van der Waals surface area contributed by atoms with Crippen LogP contribution in [0.4, 0.5) is 11.6 Å². The summed E-state index contributed by atoms with van der Waals surface area (Å²) in [5.74, 6) is 2.51. The Morgan fingerprint density at radius 3 is 2.80 bits per heavy atom. The van der Waals surface area contributed by atoms with Gasteiger partial charge >= 0.3 is 0 Å². The summed E-state index contributed by atoms with van der Waals surface area (Å²) in [6.07, 6.45) is 5.86. The van der Waals surface area contributed by atoms with E-state index in [1.54, 1.807) is 17.5 Å². The van der Waals surface area contributed by atoms with Crippen molar-refractivity contribution in [2.45, 2.75) is 45.8 Å². The molecule has 176 valence electrons. The Bertz CT molecular complexity index is 1560. The molecule has 0 saturated heterocycles. The van der Waals surface area contributed by atoms with Crippen molar-refractivity contribution in [3.63, 3.8) is 0 Å². The second kappa shape index (κ2) is 8.78. The number of aromatic nitrogens is 4. The number of thiazole rings is 1. The minimum Gasteiger partial charge on any atom is -0.470 e. The minimum absolute atomic E-state index is 0.382. The fraction of sp³-hybridized carbons (Fsp3) is 0.259. The summed E-state index contributed by atoms with van der Waals surface area (Å²) in [6, 6.07) is 12.6. The Balaban J connectivity index is 1.15. The molecule has 1 aliphatic carbocycles. The summed E-state index contributed by atoms with van der Waals surface area (Å²) in [5.41, 5.74) is 12.1. The van der Waals surface area contributed by atoms with E-state index in [9.17, 15) is 0 Å². The van der Waals surface area contributed by atoms with E-state index in [2.05, 4.69) is 58.4 Å². The zero-order chi connectivity index (χ0) is 23.9. The van der Waals surface area contributed by atoms with Crippen LogP contribution in [0, 0.1) is 13.8 Å². The van der Waals surface area contributed by atoms with E-state index in [1.165, 1.54) is 40.6 Å². The topological polar surface area (TPSA) is 98.8 Å². The van der Waals surface area contributed by atoms with Crippen LogP contribution in [0.1, 0.15) is 46.0 Å². The molecule has 2 aromatic carbocycles. The summed E-state index contributed by atoms with van der Waals surface area (Å²) < 4.78 is 7.15. The molecule has 0 amide bonds. The highest BCUT2D eigenvalue weighted by Crippen LogP contribution is 2.41. The number of hydrogen-bond donors (Lipinski definition) is 2. The van der Waals surface area contributed by atoms with E-state index in [-0.39, 0.29) is 0 Å². The van der Waals surface area contributed by atoms with Gasteiger partial charge in [0.2, 0.25) is 5.88 Å². The quantitative estimate of drug-likeness (QED) is 0.298. The molecule has 1 fully saturated rings. The first-order valence-corrected chi connectivity index (χ1v) is 12.6. The molecule has 0 radical (unpaired) electrons. The number of nitrogens with one attached hydrogen (secondary N) is 1. The lowest BCUT2D eigenvalue weighted by Gasteiger charge is -2.15. The van der Waals surface area contributed by atoms with E-state index in [1.807, 2.05) is 12.1 Å². The number of fused-ring (bicyclic) bond motifs is 2. The number of rotatable bonds is 7. The Kier molecular flexibility index (Phi) is 5.45. The average molecular weight is 483 g/mol. The highest BCUT2D eigenvalue weighted by Gasteiger charge is 2.23. The van der Waals surface area contributed by atoms with Crippen LogP contribution in [0.15, 0.2) is 48.9 Å². The lowest BCUT2D eigenvalue weighted by atomic mass is 9.96. The van der Waals surface area contributed by atoms with Crippen LogP contribution in [0.5, 0.6) is 5.88 Å². The van der Waals surface area contributed by atoms with Gasteiger partial charge in [-0.1, -0.05) is 6.07 Å². The third-order valence-electron chi connectivity index (χ3n) is 6.65. The molecule has 1 aliphatic rings. The average Bonchev–Trinajstić information content (AvgIpc) is 3.63. The number of nitrogens with two attached hydrogens (primary N) is 1. The molecular weight excluding hydrogens is 456 g/mol. The molecule has 0 bridgehead atoms. The van der Waals surface area contributed by atoms with Gasteiger partial charge in [-0.05, 0) is 84.5 Å². The van der Waals surface area contributed by atoms with Gasteiger partial charge in [0.15, 0.2) is 0 Å². The number of aryl methyl sites for hydroxylation is 2. The molecular formula is C27H26N6OS. The summed E-state index contributed by atoms with van der Waals surface area (Å²) in [6.45, 7) is 5.22. The summed E-state index contributed by atoms with van der Waals surface area (Å²) >= 11 is 1.67. The number of benzene rings is 2. The zero-order valence-electron chi connectivity index (χ0n) is 19.7. The van der Waals surface area contributed by atoms with Gasteiger partial charge in [0.1, 0.15) is 29.6 Å². The van der Waals surface area contributed by atoms with Crippen LogP contribution < -0.4 is 15.8 Å². The Labute approximate surface area is 207 Å². The first-order valence-electron chi connectivity index (χ1n) is 11.8. The monoisotopic (exact) mass is 482 g/mol. The molecule has 3 N–H and O–H groups in total. The van der Waals surface area contributed by atoms with Crippen LogP contribution >= 0.6 is 11.3 Å². The molecule has 0 unspecified atom stereocenters. The molecule has 0 atom stereocenters. The van der Waals surface area contributed by atoms with E-state index >= 15 is 0 Å². The van der Waals surface area contributed by atoms with Crippen molar-refractivity contribution in [3.8, 4) is 5.88 Å². The van der Waals surface area contributed by atoms with Crippen molar-refractivity contribution in [2.24, 2.45) is 0 Å². The summed E-state index contributed by atoms with van der Waals surface area (Å²) in [7, 11) is 0. The maximum atomic E-state index is 6.08. The van der Waals surface area contributed by atoms with Gasteiger partial charge in [-0.3, -0.25) is 0 Å². The number of nitrogen functional groups attached to an aromatic ring is 1. The van der Waals surface area contributed by atoms with Crippen molar-refractivity contribution in [1.82, 2.24) is 19.9 Å². The predicted molar refractivity (Wildman–Crippen MR) is 141 cm³/mol. The molecule has 3 heterocycles. The number of anilines is 2. The zero-order valence-corrected chi connectivity index (χ0v) is 20.5. The van der Waals surface area contributed by atoms with Crippen molar-refractivity contribution >= 4 is 44.0 Å². The van der Waals surface area contributed by atoms with E-state index < -0.39 is 0 Å². The van der Waals surface area contributed by atoms with Gasteiger partial charge < -0.3 is 15.8 Å². The smallest absolute Gasteiger partial charge is 0.218 e. The number of ether oxygens (including phenoxy) is 1. The minimum atomic E-state index is 0.382. The standard InChI is InChI=1S/C27H26N6OS/c1-15-9-20-19(7-8-29-27(20)28)16(2)21(15)12-30-24-11-25(32-14-31-24)34-13-26-33-22-10-18(17-3-4-17)5-6-23(22)35-26/h5-11,14,17H,3-4,12-13H2,1-2H3,(H2,28,29)(H,30,31,32). The Morgan fingerprint density at radius 2 is 1.94 bits per heavy atom. The molecule has 1 saturated carbocycles. The molecule has 35 heavy (non-hydrogen) atoms. The van der Waals surface area contributed by atoms with Crippen LogP contribution in [0.3, 0.4) is 0 Å². The van der Waals surface area contributed by atoms with Crippen LogP contribution in [-0.2, 0) is 13.2 Å². The highest BCUT2D eigenvalue weighted by atomic mass is 32.1. The third-order valence-corrected chi connectivity index (χ3v) is 7.66. The summed E-state index contributed by atoms with van der Waals surface area (Å²) in [5, 5.41) is 6.46. The maximum Gasteiger partial charge on any atom is 0.218 e. The lowest BCUT2D eigenvalue weighted by molar-refractivity contribution is 0.293. The van der Waals surface area contributed by atoms with Gasteiger partial charge in [-0.2, -0.15) is 0 Å². The van der Waals surface area contributed by atoms with Gasteiger partial charge in [0, 0.05) is 24.2 Å². The molecule has 5 aromatic rings. The molecule has 8 heteroatoms. The van der Waals surface area contributed by atoms with E-state index in [4.69, 9.17) is 15.5 Å². The molecule has 3 aromatic heterocycles. The van der Waals surface area contributed by atoms with Gasteiger partial charge in [-0.15, -0.1) is 11.3 Å². The van der Waals surface area contributed by atoms with Crippen LogP contribution in [0.2, 0.25) is 0 Å². The lowest BCUT2D eigenvalue weighted by Crippen LogP contribution is -2.07. The highest BCUT2D eigenvalue weighted by molar-refractivity contribution is 7.18. The van der Waals surface area contributed by atoms with Crippen molar-refractivity contribution in [3.05, 3.63) is 76.2 Å². The number of hydrogen-bond acceptors (Lipinski definition) is 8. The molecule has 6 rings (SSSR count). The van der Waals surface area contributed by atoms with Crippen molar-refractivity contribution in [2.75, 3.05) is 11.1 Å². The maximum absolute atomic E-state index is 6.08. The Morgan fingerprint density at radius 1 is 1.06 bits per heavy atom. The van der Waals surface area contributed by atoms with Crippen LogP contribution in [0.25, 0.3) is 21.0 Å². The fourth-order valence-electron chi connectivity index (χ4n) is 4.56. The van der Waals surface area contributed by atoms with Crippen LogP contribution in [-0.4, -0.2) is 19.9 Å². The Hall–Kier alpha value is -3.78. The first-order chi connectivity index (χ1) is 17.0. The number of pyridine rings is 1. The second-order valence-corrected chi connectivity index (χ2v) is 10.2. The van der Waals surface area contributed by atoms with Crippen molar-refractivity contribution in [1.29, 1.82) is 0 Å². The SMILES string of the molecule is Cc1cc2c(N)nccc2c(C)c1CNc1cc(OCc2nc3cc(C4CC4)ccc3s2)ncn1. The second-order valence-electron chi connectivity index (χ2n) is 9.08. The number of nitrogens with zero attached hydrogens (tertiary/aromatic N) is 4. The largest absolute Gasteiger partial charge is 0.470 e. The molecule has 0 spiro atoms. The van der Waals surface area contributed by atoms with Gasteiger partial charge in [0.25, 0.3) is 0 Å². The van der Waals surface area contributed by atoms with E-state index in [0.717, 1.165) is 32.8 Å². The van der Waals surface area contributed by atoms with Crippen molar-refractivity contribution < 1.29 is 4.74 Å².